The number of hydrogen-bond acceptors (Lipinski definition) is 3. The number of aliphatic carboxylic acids is 1. The largest absolute Gasteiger partial charge is 0.484 e. The highest BCUT2D eigenvalue weighted by atomic mass is 35.5. The number of halogens is 1. The fraction of sp³-hybridized carbons (Fsp3) is 0.500. The molecular formula is C16H20ClNO4. The minimum absolute atomic E-state index is 0.0971. The van der Waals surface area contributed by atoms with Crippen LogP contribution in [-0.2, 0) is 9.59 Å². The van der Waals surface area contributed by atoms with E-state index >= 15 is 0 Å². The van der Waals surface area contributed by atoms with E-state index in [4.69, 9.17) is 21.4 Å². The topological polar surface area (TPSA) is 66.8 Å². The summed E-state index contributed by atoms with van der Waals surface area (Å²) in [7, 11) is 0. The molecule has 1 N–H and O–H groups in total. The van der Waals surface area contributed by atoms with Gasteiger partial charge in [0.05, 0.1) is 5.92 Å². The summed E-state index contributed by atoms with van der Waals surface area (Å²) in [6.45, 7) is 4.55. The van der Waals surface area contributed by atoms with E-state index in [0.717, 1.165) is 5.56 Å². The first-order valence-corrected chi connectivity index (χ1v) is 7.64. The maximum Gasteiger partial charge on any atom is 0.308 e. The number of likely N-dealkylation sites (tertiary alicyclic amines) is 1. The van der Waals surface area contributed by atoms with Gasteiger partial charge < -0.3 is 14.7 Å². The molecule has 1 fully saturated rings. The summed E-state index contributed by atoms with van der Waals surface area (Å²) in [5, 5.41) is 9.78. The van der Waals surface area contributed by atoms with Crippen LogP contribution in [0.3, 0.4) is 0 Å². The van der Waals surface area contributed by atoms with Crippen LogP contribution in [0.1, 0.15) is 18.9 Å². The minimum Gasteiger partial charge on any atom is -0.484 e. The highest BCUT2D eigenvalue weighted by molar-refractivity contribution is 6.31. The lowest BCUT2D eigenvalue weighted by molar-refractivity contribution is -0.147. The highest BCUT2D eigenvalue weighted by Crippen LogP contribution is 2.23. The van der Waals surface area contributed by atoms with Crippen molar-refractivity contribution >= 4 is 23.5 Å². The van der Waals surface area contributed by atoms with Crippen LogP contribution < -0.4 is 4.74 Å². The van der Waals surface area contributed by atoms with Gasteiger partial charge in [0.2, 0.25) is 0 Å². The number of benzene rings is 1. The molecule has 0 radical (unpaired) electrons. The lowest BCUT2D eigenvalue weighted by Gasteiger charge is -2.34. The summed E-state index contributed by atoms with van der Waals surface area (Å²) in [6.07, 6.45) is 0.607. The SMILES string of the molecule is Cc1cc(OCC(=O)N2CC(C)CC(C(=O)O)C2)ccc1Cl. The standard InChI is InChI=1S/C16H20ClNO4/c1-10-5-12(16(20)21)8-18(7-10)15(19)9-22-13-3-4-14(17)11(2)6-13/h3-4,6,10,12H,5,7-9H2,1-2H3,(H,20,21). The van der Waals surface area contributed by atoms with Crippen molar-refractivity contribution in [2.75, 3.05) is 19.7 Å². The van der Waals surface area contributed by atoms with Crippen LogP contribution in [0.5, 0.6) is 5.75 Å². The average molecular weight is 326 g/mol. The molecule has 1 aliphatic rings. The second-order valence-corrected chi connectivity index (χ2v) is 6.28. The molecular weight excluding hydrogens is 306 g/mol. The molecule has 6 heteroatoms. The molecule has 1 aromatic rings. The van der Waals surface area contributed by atoms with Gasteiger partial charge in [-0.1, -0.05) is 18.5 Å². The van der Waals surface area contributed by atoms with E-state index in [1.165, 1.54) is 0 Å². The van der Waals surface area contributed by atoms with Gasteiger partial charge >= 0.3 is 5.97 Å². The molecule has 1 aromatic carbocycles. The molecule has 2 atom stereocenters. The lowest BCUT2D eigenvalue weighted by atomic mass is 9.90. The van der Waals surface area contributed by atoms with Gasteiger partial charge in [-0.25, -0.2) is 0 Å². The Kier molecular flexibility index (Phi) is 5.29. The third-order valence-corrected chi connectivity index (χ3v) is 4.28. The molecule has 0 saturated carbocycles. The number of nitrogens with zero attached hydrogens (tertiary/aromatic N) is 1. The molecule has 2 rings (SSSR count). The predicted octanol–water partition coefficient (Wildman–Crippen LogP) is 2.60. The summed E-state index contributed by atoms with van der Waals surface area (Å²) in [6, 6.07) is 5.20. The fourth-order valence-corrected chi connectivity index (χ4v) is 2.79. The van der Waals surface area contributed by atoms with Crippen molar-refractivity contribution in [2.45, 2.75) is 20.3 Å². The molecule has 120 valence electrons. The Bertz CT molecular complexity index is 575. The molecule has 0 aliphatic carbocycles. The first-order chi connectivity index (χ1) is 10.4. The van der Waals surface area contributed by atoms with Crippen molar-refractivity contribution in [3.8, 4) is 5.75 Å². The number of amides is 1. The summed E-state index contributed by atoms with van der Waals surface area (Å²) >= 11 is 5.94. The van der Waals surface area contributed by atoms with E-state index in [1.54, 1.807) is 23.1 Å². The number of carbonyl (C=O) groups is 2. The molecule has 1 saturated heterocycles. The normalized spacial score (nSPS) is 21.5. The summed E-state index contributed by atoms with van der Waals surface area (Å²) in [5.74, 6) is -0.777. The molecule has 0 bridgehead atoms. The molecule has 22 heavy (non-hydrogen) atoms. The van der Waals surface area contributed by atoms with Gasteiger partial charge in [0.1, 0.15) is 5.75 Å². The van der Waals surface area contributed by atoms with Crippen molar-refractivity contribution in [3.63, 3.8) is 0 Å². The van der Waals surface area contributed by atoms with Crippen LogP contribution >= 0.6 is 11.6 Å². The zero-order chi connectivity index (χ0) is 16.3. The number of hydrogen-bond donors (Lipinski definition) is 1. The van der Waals surface area contributed by atoms with Crippen LogP contribution in [0.4, 0.5) is 0 Å². The number of aryl methyl sites for hydroxylation is 1. The van der Waals surface area contributed by atoms with Crippen molar-refractivity contribution in [1.82, 2.24) is 4.90 Å². The van der Waals surface area contributed by atoms with E-state index in [-0.39, 0.29) is 25.0 Å². The van der Waals surface area contributed by atoms with Crippen molar-refractivity contribution < 1.29 is 19.4 Å². The molecule has 1 amide bonds. The van der Waals surface area contributed by atoms with Gasteiger partial charge in [-0.3, -0.25) is 9.59 Å². The molecule has 1 heterocycles. The van der Waals surface area contributed by atoms with Crippen molar-refractivity contribution in [3.05, 3.63) is 28.8 Å². The van der Waals surface area contributed by atoms with Crippen LogP contribution in [0.25, 0.3) is 0 Å². The Morgan fingerprint density at radius 3 is 2.77 bits per heavy atom. The lowest BCUT2D eigenvalue weighted by Crippen LogP contribution is -2.47. The third-order valence-electron chi connectivity index (χ3n) is 3.85. The number of carboxylic acid groups (broad SMARTS) is 1. The zero-order valence-corrected chi connectivity index (χ0v) is 13.5. The van der Waals surface area contributed by atoms with Crippen LogP contribution in [0, 0.1) is 18.8 Å². The number of ether oxygens (including phenoxy) is 1. The maximum absolute atomic E-state index is 12.2. The van der Waals surface area contributed by atoms with E-state index in [1.807, 2.05) is 13.8 Å². The first-order valence-electron chi connectivity index (χ1n) is 7.26. The quantitative estimate of drug-likeness (QED) is 0.924. The number of carboxylic acids is 1. The minimum atomic E-state index is -0.849. The van der Waals surface area contributed by atoms with E-state index in [9.17, 15) is 9.59 Å². The van der Waals surface area contributed by atoms with E-state index < -0.39 is 11.9 Å². The Hall–Kier alpha value is -1.75. The molecule has 1 aliphatic heterocycles. The van der Waals surface area contributed by atoms with Crippen LogP contribution in [0.2, 0.25) is 5.02 Å². The summed E-state index contributed by atoms with van der Waals surface area (Å²) < 4.78 is 5.49. The average Bonchev–Trinajstić information content (AvgIpc) is 2.47. The Morgan fingerprint density at radius 1 is 1.41 bits per heavy atom. The van der Waals surface area contributed by atoms with Gasteiger partial charge in [0.15, 0.2) is 6.61 Å². The number of rotatable bonds is 4. The first kappa shape index (κ1) is 16.6. The Balaban J connectivity index is 1.93. The van der Waals surface area contributed by atoms with Crippen LogP contribution in [0.15, 0.2) is 18.2 Å². The zero-order valence-electron chi connectivity index (χ0n) is 12.7. The summed E-state index contributed by atoms with van der Waals surface area (Å²) in [4.78, 5) is 24.9. The van der Waals surface area contributed by atoms with E-state index in [0.29, 0.717) is 23.7 Å². The van der Waals surface area contributed by atoms with E-state index in [2.05, 4.69) is 0 Å². The van der Waals surface area contributed by atoms with Gasteiger partial charge in [-0.15, -0.1) is 0 Å². The Labute approximate surface area is 134 Å². The summed E-state index contributed by atoms with van der Waals surface area (Å²) in [5.41, 5.74) is 0.879. The van der Waals surface area contributed by atoms with Gasteiger partial charge in [0, 0.05) is 18.1 Å². The second-order valence-electron chi connectivity index (χ2n) is 5.87. The number of carbonyl (C=O) groups excluding carboxylic acids is 1. The molecule has 0 aromatic heterocycles. The van der Waals surface area contributed by atoms with Gasteiger partial charge in [-0.2, -0.15) is 0 Å². The van der Waals surface area contributed by atoms with Crippen LogP contribution in [-0.4, -0.2) is 41.6 Å². The molecule has 5 nitrogen and oxygen atoms in total. The predicted molar refractivity (Wildman–Crippen MR) is 83.2 cm³/mol. The Morgan fingerprint density at radius 2 is 2.14 bits per heavy atom. The highest BCUT2D eigenvalue weighted by Gasteiger charge is 2.31. The second kappa shape index (κ2) is 7.01. The third kappa shape index (κ3) is 4.13. The van der Waals surface area contributed by atoms with Gasteiger partial charge in [-0.05, 0) is 43.0 Å². The number of piperidine rings is 1. The fourth-order valence-electron chi connectivity index (χ4n) is 2.68. The molecule has 0 spiro atoms. The van der Waals surface area contributed by atoms with Crippen molar-refractivity contribution in [1.29, 1.82) is 0 Å². The maximum atomic E-state index is 12.2. The van der Waals surface area contributed by atoms with Crippen molar-refractivity contribution in [2.24, 2.45) is 11.8 Å². The molecule has 2 unspecified atom stereocenters. The van der Waals surface area contributed by atoms with Gasteiger partial charge in [0.25, 0.3) is 5.91 Å². The smallest absolute Gasteiger partial charge is 0.308 e. The monoisotopic (exact) mass is 325 g/mol.